The summed E-state index contributed by atoms with van der Waals surface area (Å²) >= 11 is 0. The molecule has 4 rings (SSSR count). The molecule has 0 bridgehead atoms. The molecule has 1 unspecified atom stereocenters. The lowest BCUT2D eigenvalue weighted by Crippen LogP contribution is -2.15. The molecule has 0 amide bonds. The molecule has 1 saturated carbocycles. The summed E-state index contributed by atoms with van der Waals surface area (Å²) in [7, 11) is 0. The van der Waals surface area contributed by atoms with Gasteiger partial charge in [0, 0.05) is 0 Å². The molecular formula is C29H37FO. The fraction of sp³-hybridized carbons (Fsp3) is 0.517. The first-order valence-corrected chi connectivity index (χ1v) is 12.3. The van der Waals surface area contributed by atoms with Gasteiger partial charge in [-0.3, -0.25) is 0 Å². The smallest absolute Gasteiger partial charge is 0.126 e. The molecule has 2 aliphatic rings. The van der Waals surface area contributed by atoms with E-state index >= 15 is 4.39 Å². The van der Waals surface area contributed by atoms with E-state index in [0.29, 0.717) is 5.92 Å². The van der Waals surface area contributed by atoms with E-state index in [1.807, 2.05) is 12.1 Å². The minimum atomic E-state index is 0.00531. The Morgan fingerprint density at radius 1 is 1.00 bits per heavy atom. The van der Waals surface area contributed by atoms with Crippen molar-refractivity contribution in [1.82, 2.24) is 0 Å². The van der Waals surface area contributed by atoms with Crippen molar-refractivity contribution < 1.29 is 9.13 Å². The summed E-state index contributed by atoms with van der Waals surface area (Å²) < 4.78 is 21.0. The lowest BCUT2D eigenvalue weighted by molar-refractivity contribution is 0.311. The number of rotatable bonds is 8. The number of unbranched alkanes of at least 4 members (excludes halogenated alkanes) is 1. The number of fused-ring (bicyclic) bond motifs is 1. The van der Waals surface area contributed by atoms with E-state index in [1.54, 1.807) is 0 Å². The summed E-state index contributed by atoms with van der Waals surface area (Å²) in [6, 6.07) is 12.6. The van der Waals surface area contributed by atoms with Gasteiger partial charge in [-0.1, -0.05) is 37.6 Å². The van der Waals surface area contributed by atoms with E-state index in [1.165, 1.54) is 48.8 Å². The van der Waals surface area contributed by atoms with Gasteiger partial charge in [0.15, 0.2) is 0 Å². The van der Waals surface area contributed by atoms with E-state index in [4.69, 9.17) is 4.74 Å². The van der Waals surface area contributed by atoms with Crippen LogP contribution < -0.4 is 4.74 Å². The van der Waals surface area contributed by atoms with Crippen LogP contribution in [0.2, 0.25) is 0 Å². The number of aryl methyl sites for hydroxylation is 1. The molecule has 2 aromatic carbocycles. The third kappa shape index (κ3) is 5.40. The van der Waals surface area contributed by atoms with Crippen molar-refractivity contribution in [3.63, 3.8) is 0 Å². The molecule has 0 aromatic heterocycles. The predicted molar refractivity (Wildman–Crippen MR) is 128 cm³/mol. The Labute approximate surface area is 187 Å². The summed E-state index contributed by atoms with van der Waals surface area (Å²) in [5.74, 6) is 2.65. The van der Waals surface area contributed by atoms with Gasteiger partial charge in [0.1, 0.15) is 11.6 Å². The fourth-order valence-corrected chi connectivity index (χ4v) is 5.54. The van der Waals surface area contributed by atoms with Crippen LogP contribution in [0, 0.1) is 11.7 Å². The first kappa shape index (κ1) is 22.1. The van der Waals surface area contributed by atoms with Crippen LogP contribution in [0.1, 0.15) is 92.4 Å². The maximum Gasteiger partial charge on any atom is 0.126 e. The van der Waals surface area contributed by atoms with Crippen LogP contribution in [-0.4, -0.2) is 6.61 Å². The molecule has 1 atom stereocenters. The molecule has 0 aliphatic heterocycles. The van der Waals surface area contributed by atoms with Gasteiger partial charge in [0.25, 0.3) is 0 Å². The lowest BCUT2D eigenvalue weighted by atomic mass is 9.76. The van der Waals surface area contributed by atoms with Gasteiger partial charge in [-0.2, -0.15) is 0 Å². The zero-order chi connectivity index (χ0) is 21.6. The summed E-state index contributed by atoms with van der Waals surface area (Å²) in [6.07, 6.45) is 13.1. The molecule has 0 N–H and O–H groups in total. The van der Waals surface area contributed by atoms with Crippen LogP contribution in [-0.2, 0) is 12.8 Å². The highest BCUT2D eigenvalue weighted by molar-refractivity contribution is 5.40. The van der Waals surface area contributed by atoms with Gasteiger partial charge in [0.2, 0.25) is 0 Å². The van der Waals surface area contributed by atoms with Crippen molar-refractivity contribution in [2.45, 2.75) is 83.0 Å². The Morgan fingerprint density at radius 2 is 1.84 bits per heavy atom. The Kier molecular flexibility index (Phi) is 7.48. The van der Waals surface area contributed by atoms with Gasteiger partial charge in [-0.05, 0) is 116 Å². The van der Waals surface area contributed by atoms with Crippen LogP contribution in [0.25, 0.3) is 0 Å². The predicted octanol–water partition coefficient (Wildman–Crippen LogP) is 8.13. The summed E-state index contributed by atoms with van der Waals surface area (Å²) in [5, 5.41) is 0. The number of halogens is 1. The number of allylic oxidation sites excluding steroid dienone is 1. The topological polar surface area (TPSA) is 9.23 Å². The number of benzene rings is 2. The normalized spacial score (nSPS) is 23.2. The second-order valence-electron chi connectivity index (χ2n) is 9.56. The van der Waals surface area contributed by atoms with Gasteiger partial charge >= 0.3 is 0 Å². The van der Waals surface area contributed by atoms with Crippen molar-refractivity contribution in [3.8, 4) is 5.75 Å². The molecule has 1 nitrogen and oxygen atoms in total. The molecule has 2 heteroatoms. The molecular weight excluding hydrogens is 383 g/mol. The lowest BCUT2D eigenvalue weighted by Gasteiger charge is -2.29. The Morgan fingerprint density at radius 3 is 2.58 bits per heavy atom. The molecule has 2 aliphatic carbocycles. The monoisotopic (exact) mass is 420 g/mol. The van der Waals surface area contributed by atoms with Gasteiger partial charge in [-0.15, -0.1) is 6.58 Å². The largest absolute Gasteiger partial charge is 0.494 e. The van der Waals surface area contributed by atoms with Gasteiger partial charge in [-0.25, -0.2) is 4.39 Å². The van der Waals surface area contributed by atoms with Crippen LogP contribution in [0.5, 0.6) is 5.75 Å². The molecule has 0 saturated heterocycles. The fourth-order valence-electron chi connectivity index (χ4n) is 5.54. The van der Waals surface area contributed by atoms with E-state index in [0.717, 1.165) is 55.9 Å². The molecule has 0 spiro atoms. The van der Waals surface area contributed by atoms with Gasteiger partial charge < -0.3 is 4.74 Å². The highest BCUT2D eigenvalue weighted by Gasteiger charge is 2.25. The second-order valence-corrected chi connectivity index (χ2v) is 9.56. The van der Waals surface area contributed by atoms with E-state index in [-0.39, 0.29) is 11.7 Å². The van der Waals surface area contributed by atoms with Crippen molar-refractivity contribution in [2.75, 3.05) is 6.61 Å². The highest BCUT2D eigenvalue weighted by Crippen LogP contribution is 2.39. The maximum atomic E-state index is 15.1. The third-order valence-electron chi connectivity index (χ3n) is 7.59. The average Bonchev–Trinajstić information content (AvgIpc) is 2.81. The number of hydrogen-bond acceptors (Lipinski definition) is 1. The minimum absolute atomic E-state index is 0.00531. The second kappa shape index (κ2) is 10.5. The summed E-state index contributed by atoms with van der Waals surface area (Å²) in [4.78, 5) is 0. The van der Waals surface area contributed by atoms with Crippen molar-refractivity contribution in [2.24, 2.45) is 5.92 Å². The Balaban J connectivity index is 1.39. The molecule has 31 heavy (non-hydrogen) atoms. The summed E-state index contributed by atoms with van der Waals surface area (Å²) in [5.41, 5.74) is 4.82. The van der Waals surface area contributed by atoms with E-state index in [9.17, 15) is 0 Å². The van der Waals surface area contributed by atoms with Gasteiger partial charge in [0.05, 0.1) is 6.61 Å². The molecule has 0 radical (unpaired) electrons. The van der Waals surface area contributed by atoms with Crippen molar-refractivity contribution in [1.29, 1.82) is 0 Å². The average molecular weight is 421 g/mol. The van der Waals surface area contributed by atoms with E-state index < -0.39 is 0 Å². The van der Waals surface area contributed by atoms with E-state index in [2.05, 4.69) is 43.8 Å². The molecule has 0 heterocycles. The Hall–Kier alpha value is -2.09. The third-order valence-corrected chi connectivity index (χ3v) is 7.59. The standard InChI is InChI=1S/C29H37FO/c1-3-5-6-17-31-27-15-13-23-18-26(12-11-24(23)19-27)28-16-14-25(20-29(28)30)22-9-7-21(4-2)8-10-22/h3,13-16,19-22,26H,1,4-12,17-18H2,2H3. The first-order valence-electron chi connectivity index (χ1n) is 12.3. The zero-order valence-electron chi connectivity index (χ0n) is 19.0. The summed E-state index contributed by atoms with van der Waals surface area (Å²) in [6.45, 7) is 6.77. The highest BCUT2D eigenvalue weighted by atomic mass is 19.1. The minimum Gasteiger partial charge on any atom is -0.494 e. The number of ether oxygens (including phenoxy) is 1. The van der Waals surface area contributed by atoms with Crippen LogP contribution in [0.3, 0.4) is 0 Å². The quantitative estimate of drug-likeness (QED) is 0.309. The first-order chi connectivity index (χ1) is 15.2. The van der Waals surface area contributed by atoms with Crippen molar-refractivity contribution in [3.05, 3.63) is 77.1 Å². The van der Waals surface area contributed by atoms with Crippen LogP contribution in [0.4, 0.5) is 4.39 Å². The van der Waals surface area contributed by atoms with Crippen LogP contribution in [0.15, 0.2) is 49.1 Å². The molecule has 166 valence electrons. The van der Waals surface area contributed by atoms with Crippen LogP contribution >= 0.6 is 0 Å². The SMILES string of the molecule is C=CCCCOc1ccc2c(c1)CCC(c1ccc(C3CCC(CC)CC3)cc1F)C2. The molecule has 2 aromatic rings. The molecule has 1 fully saturated rings. The van der Waals surface area contributed by atoms with Crippen molar-refractivity contribution >= 4 is 0 Å². The Bertz CT molecular complexity index is 878. The number of hydrogen-bond donors (Lipinski definition) is 0. The zero-order valence-corrected chi connectivity index (χ0v) is 19.0. The maximum absolute atomic E-state index is 15.1.